The van der Waals surface area contributed by atoms with Crippen LogP contribution in [0.15, 0.2) is 47.5 Å². The van der Waals surface area contributed by atoms with Gasteiger partial charge in [0.15, 0.2) is 0 Å². The number of hydrogen-bond donors (Lipinski definition) is 1. The van der Waals surface area contributed by atoms with Gasteiger partial charge >= 0.3 is 0 Å². The summed E-state index contributed by atoms with van der Waals surface area (Å²) in [5.41, 5.74) is 1.05. The Hall–Kier alpha value is -1.71. The van der Waals surface area contributed by atoms with Crippen LogP contribution in [0.5, 0.6) is 11.5 Å². The van der Waals surface area contributed by atoms with Crippen LogP contribution in [-0.4, -0.2) is 18.9 Å². The summed E-state index contributed by atoms with van der Waals surface area (Å²) >= 11 is 11.9. The van der Waals surface area contributed by atoms with Crippen LogP contribution in [0.4, 0.5) is 0 Å². The Kier molecular flexibility index (Phi) is 3.81. The van der Waals surface area contributed by atoms with Crippen LogP contribution in [0.25, 0.3) is 0 Å². The summed E-state index contributed by atoms with van der Waals surface area (Å²) in [6, 6.07) is 12.9. The molecule has 0 spiro atoms. The summed E-state index contributed by atoms with van der Waals surface area (Å²) < 4.78 is 5.73. The van der Waals surface area contributed by atoms with Gasteiger partial charge in [0.25, 0.3) is 0 Å². The fourth-order valence-electron chi connectivity index (χ4n) is 1.96. The monoisotopic (exact) mass is 306 g/mol. The normalized spacial score (nSPS) is 13.8. The molecule has 0 radical (unpaired) electrons. The van der Waals surface area contributed by atoms with E-state index in [0.717, 1.165) is 30.2 Å². The molecule has 0 saturated carbocycles. The fraction of sp³-hybridized carbons (Fsp3) is 0.133. The van der Waals surface area contributed by atoms with Gasteiger partial charge in [-0.05, 0) is 42.5 Å². The SMILES string of the molecule is Clc1ccc(Oc2ccc(C3=NCCN3)cc2)c(Cl)c1. The lowest BCUT2D eigenvalue weighted by Gasteiger charge is -2.09. The lowest BCUT2D eigenvalue weighted by atomic mass is 10.2. The van der Waals surface area contributed by atoms with Gasteiger partial charge in [0.1, 0.15) is 17.3 Å². The Bertz CT molecular complexity index is 653. The maximum atomic E-state index is 6.08. The van der Waals surface area contributed by atoms with Gasteiger partial charge in [-0.3, -0.25) is 4.99 Å². The summed E-state index contributed by atoms with van der Waals surface area (Å²) in [4.78, 5) is 4.37. The topological polar surface area (TPSA) is 33.6 Å². The van der Waals surface area contributed by atoms with Crippen LogP contribution in [0.2, 0.25) is 10.0 Å². The van der Waals surface area contributed by atoms with E-state index in [2.05, 4.69) is 10.3 Å². The first-order chi connectivity index (χ1) is 9.72. The molecule has 0 atom stereocenters. The molecule has 0 saturated heterocycles. The van der Waals surface area contributed by atoms with E-state index in [1.807, 2.05) is 24.3 Å². The van der Waals surface area contributed by atoms with Crippen molar-refractivity contribution in [3.05, 3.63) is 58.1 Å². The number of hydrogen-bond acceptors (Lipinski definition) is 3. The maximum Gasteiger partial charge on any atom is 0.146 e. The quantitative estimate of drug-likeness (QED) is 0.925. The van der Waals surface area contributed by atoms with Gasteiger partial charge < -0.3 is 10.1 Å². The number of nitrogens with one attached hydrogen (secondary N) is 1. The lowest BCUT2D eigenvalue weighted by molar-refractivity contribution is 0.483. The minimum absolute atomic E-state index is 0.489. The molecule has 3 rings (SSSR count). The summed E-state index contributed by atoms with van der Waals surface area (Å²) in [5.74, 6) is 2.23. The Balaban J connectivity index is 1.78. The molecule has 102 valence electrons. The molecule has 1 aliphatic heterocycles. The first kappa shape index (κ1) is 13.3. The number of rotatable bonds is 3. The van der Waals surface area contributed by atoms with Crippen LogP contribution in [0, 0.1) is 0 Å². The van der Waals surface area contributed by atoms with Crippen LogP contribution in [-0.2, 0) is 0 Å². The molecular weight excluding hydrogens is 295 g/mol. The second-order valence-corrected chi connectivity index (χ2v) is 5.20. The second-order valence-electron chi connectivity index (χ2n) is 4.36. The third-order valence-electron chi connectivity index (χ3n) is 2.92. The van der Waals surface area contributed by atoms with Crippen molar-refractivity contribution >= 4 is 29.0 Å². The van der Waals surface area contributed by atoms with Crippen molar-refractivity contribution < 1.29 is 4.74 Å². The summed E-state index contributed by atoms with van der Waals surface area (Å²) in [6.07, 6.45) is 0. The van der Waals surface area contributed by atoms with E-state index in [1.54, 1.807) is 18.2 Å². The predicted molar refractivity (Wildman–Crippen MR) is 82.4 cm³/mol. The number of aliphatic imine (C=N–C) groups is 1. The zero-order chi connectivity index (χ0) is 13.9. The number of benzene rings is 2. The minimum atomic E-state index is 0.489. The summed E-state index contributed by atoms with van der Waals surface area (Å²) in [6.45, 7) is 1.72. The van der Waals surface area contributed by atoms with E-state index in [1.165, 1.54) is 0 Å². The summed E-state index contributed by atoms with van der Waals surface area (Å²) in [7, 11) is 0. The smallest absolute Gasteiger partial charge is 0.146 e. The average Bonchev–Trinajstić information content (AvgIpc) is 2.97. The fourth-order valence-corrected chi connectivity index (χ4v) is 2.40. The highest BCUT2D eigenvalue weighted by molar-refractivity contribution is 6.35. The van der Waals surface area contributed by atoms with E-state index in [0.29, 0.717) is 15.8 Å². The molecular formula is C15H12Cl2N2O. The largest absolute Gasteiger partial charge is 0.456 e. The Morgan fingerprint density at radius 2 is 1.85 bits per heavy atom. The van der Waals surface area contributed by atoms with Gasteiger partial charge in [-0.2, -0.15) is 0 Å². The van der Waals surface area contributed by atoms with E-state index >= 15 is 0 Å². The predicted octanol–water partition coefficient (Wildman–Crippen LogP) is 4.14. The molecule has 0 aliphatic carbocycles. The third-order valence-corrected chi connectivity index (χ3v) is 3.45. The Labute approximate surface area is 127 Å². The van der Waals surface area contributed by atoms with E-state index in [9.17, 15) is 0 Å². The number of ether oxygens (including phenoxy) is 1. The van der Waals surface area contributed by atoms with E-state index in [4.69, 9.17) is 27.9 Å². The number of amidine groups is 1. The van der Waals surface area contributed by atoms with Gasteiger partial charge in [-0.25, -0.2) is 0 Å². The standard InChI is InChI=1S/C15H12Cl2N2O/c16-11-3-6-14(13(17)9-11)20-12-4-1-10(2-5-12)15-18-7-8-19-15/h1-6,9H,7-8H2,(H,18,19). The molecule has 1 N–H and O–H groups in total. The van der Waals surface area contributed by atoms with Gasteiger partial charge in [-0.15, -0.1) is 0 Å². The molecule has 3 nitrogen and oxygen atoms in total. The van der Waals surface area contributed by atoms with Crippen molar-refractivity contribution in [2.75, 3.05) is 13.1 Å². The van der Waals surface area contributed by atoms with Crippen LogP contribution >= 0.6 is 23.2 Å². The van der Waals surface area contributed by atoms with Crippen molar-refractivity contribution in [3.8, 4) is 11.5 Å². The van der Waals surface area contributed by atoms with Gasteiger partial charge in [-0.1, -0.05) is 23.2 Å². The molecule has 2 aromatic carbocycles. The first-order valence-electron chi connectivity index (χ1n) is 6.24. The molecule has 0 fully saturated rings. The molecule has 5 heteroatoms. The molecule has 20 heavy (non-hydrogen) atoms. The summed E-state index contributed by atoms with van der Waals surface area (Å²) in [5, 5.41) is 4.31. The van der Waals surface area contributed by atoms with Crippen molar-refractivity contribution in [1.82, 2.24) is 5.32 Å². The lowest BCUT2D eigenvalue weighted by Crippen LogP contribution is -2.19. The van der Waals surface area contributed by atoms with Crippen LogP contribution in [0.3, 0.4) is 0 Å². The highest BCUT2D eigenvalue weighted by Gasteiger charge is 2.08. The molecule has 0 bridgehead atoms. The van der Waals surface area contributed by atoms with Gasteiger partial charge in [0, 0.05) is 17.1 Å². The first-order valence-corrected chi connectivity index (χ1v) is 6.99. The Morgan fingerprint density at radius 3 is 2.50 bits per heavy atom. The van der Waals surface area contributed by atoms with Crippen LogP contribution in [0.1, 0.15) is 5.56 Å². The highest BCUT2D eigenvalue weighted by Crippen LogP contribution is 2.31. The minimum Gasteiger partial charge on any atom is -0.456 e. The van der Waals surface area contributed by atoms with Crippen molar-refractivity contribution in [2.45, 2.75) is 0 Å². The maximum absolute atomic E-state index is 6.08. The molecule has 0 amide bonds. The highest BCUT2D eigenvalue weighted by atomic mass is 35.5. The van der Waals surface area contributed by atoms with Crippen molar-refractivity contribution in [3.63, 3.8) is 0 Å². The number of nitrogens with zero attached hydrogens (tertiary/aromatic N) is 1. The average molecular weight is 307 g/mol. The van der Waals surface area contributed by atoms with Gasteiger partial charge in [0.05, 0.1) is 11.6 Å². The molecule has 0 aromatic heterocycles. The van der Waals surface area contributed by atoms with Crippen molar-refractivity contribution in [1.29, 1.82) is 0 Å². The molecule has 2 aromatic rings. The second kappa shape index (κ2) is 5.73. The molecule has 0 unspecified atom stereocenters. The van der Waals surface area contributed by atoms with Crippen molar-refractivity contribution in [2.24, 2.45) is 4.99 Å². The molecule has 1 heterocycles. The van der Waals surface area contributed by atoms with Gasteiger partial charge in [0.2, 0.25) is 0 Å². The number of halogens is 2. The van der Waals surface area contributed by atoms with E-state index < -0.39 is 0 Å². The third kappa shape index (κ3) is 2.89. The van der Waals surface area contributed by atoms with Crippen LogP contribution < -0.4 is 10.1 Å². The van der Waals surface area contributed by atoms with E-state index in [-0.39, 0.29) is 0 Å². The zero-order valence-corrected chi connectivity index (χ0v) is 12.1. The molecule has 1 aliphatic rings. The zero-order valence-electron chi connectivity index (χ0n) is 10.6. The Morgan fingerprint density at radius 1 is 1.05 bits per heavy atom.